The number of hydrogen-bond donors (Lipinski definition) is 2. The summed E-state index contributed by atoms with van der Waals surface area (Å²) in [4.78, 5) is 12.0. The van der Waals surface area contributed by atoms with Crippen LogP contribution in [0.3, 0.4) is 0 Å². The van der Waals surface area contributed by atoms with Crippen LogP contribution in [0.1, 0.15) is 42.4 Å². The third-order valence-electron chi connectivity index (χ3n) is 4.17. The number of benzene rings is 1. The van der Waals surface area contributed by atoms with Crippen LogP contribution in [-0.4, -0.2) is 25.0 Å². The van der Waals surface area contributed by atoms with Crippen LogP contribution in [0.25, 0.3) is 0 Å². The van der Waals surface area contributed by atoms with Gasteiger partial charge in [0, 0.05) is 6.54 Å². The lowest BCUT2D eigenvalue weighted by Crippen LogP contribution is -2.46. The molecule has 3 nitrogen and oxygen atoms in total. The summed E-state index contributed by atoms with van der Waals surface area (Å²) in [6.07, 6.45) is 5.37. The topological polar surface area (TPSA) is 41.1 Å². The zero-order chi connectivity index (χ0) is 14.4. The highest BCUT2D eigenvalue weighted by atomic mass is 16.2. The van der Waals surface area contributed by atoms with Gasteiger partial charge in [-0.1, -0.05) is 24.6 Å². The van der Waals surface area contributed by atoms with Crippen molar-refractivity contribution in [2.24, 2.45) is 0 Å². The molecule has 1 unspecified atom stereocenters. The fourth-order valence-electron chi connectivity index (χ4n) is 2.92. The first-order chi connectivity index (χ1) is 9.68. The molecule has 0 aliphatic carbocycles. The van der Waals surface area contributed by atoms with E-state index in [0.717, 1.165) is 38.8 Å². The number of hydrogen-bond acceptors (Lipinski definition) is 2. The molecular formula is C17H26N2O. The molecule has 0 saturated carbocycles. The molecule has 2 rings (SSSR count). The van der Waals surface area contributed by atoms with Crippen LogP contribution in [-0.2, 0) is 11.2 Å². The third kappa shape index (κ3) is 4.07. The van der Waals surface area contributed by atoms with Crippen molar-refractivity contribution in [3.63, 3.8) is 0 Å². The molecule has 110 valence electrons. The van der Waals surface area contributed by atoms with E-state index in [4.69, 9.17) is 0 Å². The van der Waals surface area contributed by atoms with Gasteiger partial charge in [0.25, 0.3) is 0 Å². The molecule has 1 amide bonds. The van der Waals surface area contributed by atoms with Gasteiger partial charge in [0.05, 0.1) is 6.04 Å². The van der Waals surface area contributed by atoms with Crippen molar-refractivity contribution in [1.29, 1.82) is 0 Å². The smallest absolute Gasteiger partial charge is 0.237 e. The molecule has 1 aromatic rings. The Balaban J connectivity index is 1.72. The van der Waals surface area contributed by atoms with Crippen LogP contribution in [0.15, 0.2) is 18.2 Å². The number of aryl methyl sites for hydroxylation is 2. The van der Waals surface area contributed by atoms with Crippen LogP contribution in [0.4, 0.5) is 0 Å². The van der Waals surface area contributed by atoms with Gasteiger partial charge < -0.3 is 10.6 Å². The summed E-state index contributed by atoms with van der Waals surface area (Å²) < 4.78 is 0. The quantitative estimate of drug-likeness (QED) is 0.810. The summed E-state index contributed by atoms with van der Waals surface area (Å²) in [6.45, 7) is 6.06. The van der Waals surface area contributed by atoms with E-state index in [1.165, 1.54) is 23.1 Å². The molecule has 1 saturated heterocycles. The van der Waals surface area contributed by atoms with Crippen molar-refractivity contribution in [2.75, 3.05) is 13.1 Å². The van der Waals surface area contributed by atoms with E-state index in [2.05, 4.69) is 42.7 Å². The van der Waals surface area contributed by atoms with Gasteiger partial charge in [-0.25, -0.2) is 0 Å². The third-order valence-corrected chi connectivity index (χ3v) is 4.17. The van der Waals surface area contributed by atoms with E-state index in [1.54, 1.807) is 0 Å². The number of rotatable bonds is 5. The largest absolute Gasteiger partial charge is 0.355 e. The van der Waals surface area contributed by atoms with Gasteiger partial charge in [-0.05, 0) is 62.8 Å². The van der Waals surface area contributed by atoms with Crippen molar-refractivity contribution in [2.45, 2.75) is 52.0 Å². The zero-order valence-electron chi connectivity index (χ0n) is 12.7. The summed E-state index contributed by atoms with van der Waals surface area (Å²) >= 11 is 0. The van der Waals surface area contributed by atoms with Crippen molar-refractivity contribution in [1.82, 2.24) is 10.6 Å². The molecule has 1 atom stereocenters. The molecule has 1 fully saturated rings. The maximum atomic E-state index is 12.0. The molecule has 0 spiro atoms. The summed E-state index contributed by atoms with van der Waals surface area (Å²) in [6, 6.07) is 6.45. The van der Waals surface area contributed by atoms with Gasteiger partial charge >= 0.3 is 0 Å². The van der Waals surface area contributed by atoms with E-state index in [0.29, 0.717) is 0 Å². The fourth-order valence-corrected chi connectivity index (χ4v) is 2.92. The Labute approximate surface area is 122 Å². The van der Waals surface area contributed by atoms with Crippen LogP contribution < -0.4 is 10.6 Å². The zero-order valence-corrected chi connectivity index (χ0v) is 12.7. The van der Waals surface area contributed by atoms with Crippen LogP contribution in [0.5, 0.6) is 0 Å². The number of carbonyl (C=O) groups excluding carboxylic acids is 1. The maximum absolute atomic E-state index is 12.0. The standard InChI is InChI=1S/C17H26N2O/c1-13-7-5-8-14(2)15(13)9-6-12-19-17(20)16-10-3-4-11-18-16/h5,7-8,16,18H,3-4,6,9-12H2,1-2H3,(H,19,20). The van der Waals surface area contributed by atoms with E-state index in [9.17, 15) is 4.79 Å². The molecule has 1 aliphatic heterocycles. The van der Waals surface area contributed by atoms with Crippen molar-refractivity contribution in [3.05, 3.63) is 34.9 Å². The molecular weight excluding hydrogens is 248 g/mol. The second-order valence-corrected chi connectivity index (χ2v) is 5.77. The molecule has 1 aromatic carbocycles. The first kappa shape index (κ1) is 15.0. The Morgan fingerprint density at radius 3 is 2.70 bits per heavy atom. The maximum Gasteiger partial charge on any atom is 0.237 e. The molecule has 0 radical (unpaired) electrons. The SMILES string of the molecule is Cc1cccc(C)c1CCCNC(=O)C1CCCCN1. The van der Waals surface area contributed by atoms with Gasteiger partial charge in [0.15, 0.2) is 0 Å². The van der Waals surface area contributed by atoms with Gasteiger partial charge in [-0.3, -0.25) is 4.79 Å². The first-order valence-corrected chi connectivity index (χ1v) is 7.74. The number of nitrogens with one attached hydrogen (secondary N) is 2. The minimum absolute atomic E-state index is 0.0314. The lowest BCUT2D eigenvalue weighted by molar-refractivity contribution is -0.123. The second-order valence-electron chi connectivity index (χ2n) is 5.77. The highest BCUT2D eigenvalue weighted by molar-refractivity contribution is 5.81. The van der Waals surface area contributed by atoms with E-state index < -0.39 is 0 Å². The van der Waals surface area contributed by atoms with Gasteiger partial charge in [0.1, 0.15) is 0 Å². The van der Waals surface area contributed by atoms with Crippen molar-refractivity contribution in [3.8, 4) is 0 Å². The lowest BCUT2D eigenvalue weighted by atomic mass is 9.98. The predicted molar refractivity (Wildman–Crippen MR) is 82.9 cm³/mol. The van der Waals surface area contributed by atoms with E-state index in [-0.39, 0.29) is 11.9 Å². The van der Waals surface area contributed by atoms with E-state index in [1.807, 2.05) is 0 Å². The summed E-state index contributed by atoms with van der Waals surface area (Å²) in [7, 11) is 0. The molecule has 2 N–H and O–H groups in total. The minimum Gasteiger partial charge on any atom is -0.355 e. The highest BCUT2D eigenvalue weighted by Crippen LogP contribution is 2.15. The van der Waals surface area contributed by atoms with Crippen LogP contribution >= 0.6 is 0 Å². The number of carbonyl (C=O) groups is 1. The van der Waals surface area contributed by atoms with Crippen molar-refractivity contribution < 1.29 is 4.79 Å². The Morgan fingerprint density at radius 1 is 1.30 bits per heavy atom. The van der Waals surface area contributed by atoms with Crippen LogP contribution in [0, 0.1) is 13.8 Å². The molecule has 1 aliphatic rings. The second kappa shape index (κ2) is 7.44. The normalized spacial score (nSPS) is 18.8. The first-order valence-electron chi connectivity index (χ1n) is 7.74. The number of amides is 1. The molecule has 0 bridgehead atoms. The average Bonchev–Trinajstić information content (AvgIpc) is 2.46. The lowest BCUT2D eigenvalue weighted by Gasteiger charge is -2.22. The van der Waals surface area contributed by atoms with Crippen LogP contribution in [0.2, 0.25) is 0 Å². The minimum atomic E-state index is 0.0314. The highest BCUT2D eigenvalue weighted by Gasteiger charge is 2.19. The predicted octanol–water partition coefficient (Wildman–Crippen LogP) is 2.49. The average molecular weight is 274 g/mol. The monoisotopic (exact) mass is 274 g/mol. The van der Waals surface area contributed by atoms with Gasteiger partial charge in [-0.2, -0.15) is 0 Å². The fraction of sp³-hybridized carbons (Fsp3) is 0.588. The molecule has 3 heteroatoms. The van der Waals surface area contributed by atoms with E-state index >= 15 is 0 Å². The van der Waals surface area contributed by atoms with Gasteiger partial charge in [-0.15, -0.1) is 0 Å². The molecule has 20 heavy (non-hydrogen) atoms. The summed E-state index contributed by atoms with van der Waals surface area (Å²) in [5, 5.41) is 6.34. The van der Waals surface area contributed by atoms with Gasteiger partial charge in [0.2, 0.25) is 5.91 Å². The Morgan fingerprint density at radius 2 is 2.05 bits per heavy atom. The van der Waals surface area contributed by atoms with Crippen molar-refractivity contribution >= 4 is 5.91 Å². The molecule has 1 heterocycles. The Hall–Kier alpha value is -1.35. The Kier molecular flexibility index (Phi) is 5.60. The summed E-state index contributed by atoms with van der Waals surface area (Å²) in [5.74, 6) is 0.172. The Bertz CT molecular complexity index is 430. The number of piperidine rings is 1. The summed E-state index contributed by atoms with van der Waals surface area (Å²) in [5.41, 5.74) is 4.13. The molecule has 0 aromatic heterocycles.